The highest BCUT2D eigenvalue weighted by molar-refractivity contribution is 5.35. The number of rotatable bonds is 3. The van der Waals surface area contributed by atoms with Crippen molar-refractivity contribution in [3.05, 3.63) is 23.4 Å². The second-order valence-corrected chi connectivity index (χ2v) is 3.88. The average molecular weight is 192 g/mol. The molecule has 0 spiro atoms. The fourth-order valence-electron chi connectivity index (χ4n) is 1.85. The van der Waals surface area contributed by atoms with Gasteiger partial charge < -0.3 is 10.1 Å². The molecule has 0 atom stereocenters. The van der Waals surface area contributed by atoms with E-state index < -0.39 is 0 Å². The van der Waals surface area contributed by atoms with Crippen LogP contribution in [-0.4, -0.2) is 19.1 Å². The maximum atomic E-state index is 5.14. The molecule has 2 rings (SSSR count). The van der Waals surface area contributed by atoms with Gasteiger partial charge in [-0.1, -0.05) is 0 Å². The average Bonchev–Trinajstić information content (AvgIpc) is 2.98. The largest absolute Gasteiger partial charge is 0.481 e. The molecular weight excluding hydrogens is 176 g/mol. The molecule has 0 bridgehead atoms. The van der Waals surface area contributed by atoms with Gasteiger partial charge in [0.05, 0.1) is 7.11 Å². The van der Waals surface area contributed by atoms with Gasteiger partial charge in [-0.25, -0.2) is 4.98 Å². The number of hydrogen-bond acceptors (Lipinski definition) is 3. The molecule has 0 saturated heterocycles. The summed E-state index contributed by atoms with van der Waals surface area (Å²) < 4.78 is 5.14. The summed E-state index contributed by atoms with van der Waals surface area (Å²) in [6.45, 7) is 2.03. The first-order valence-electron chi connectivity index (χ1n) is 4.92. The van der Waals surface area contributed by atoms with Crippen LogP contribution in [-0.2, 0) is 5.54 Å². The van der Waals surface area contributed by atoms with Crippen LogP contribution in [0.15, 0.2) is 12.3 Å². The van der Waals surface area contributed by atoms with Crippen molar-refractivity contribution in [2.75, 3.05) is 14.2 Å². The van der Waals surface area contributed by atoms with Gasteiger partial charge in [-0.15, -0.1) is 0 Å². The minimum Gasteiger partial charge on any atom is -0.481 e. The molecule has 1 heterocycles. The third-order valence-electron chi connectivity index (χ3n) is 3.00. The Hall–Kier alpha value is -1.09. The van der Waals surface area contributed by atoms with E-state index in [1.54, 1.807) is 7.11 Å². The lowest BCUT2D eigenvalue weighted by molar-refractivity contribution is 0.393. The summed E-state index contributed by atoms with van der Waals surface area (Å²) in [6.07, 6.45) is 4.32. The van der Waals surface area contributed by atoms with Crippen LogP contribution in [0.3, 0.4) is 0 Å². The Balaban J connectivity index is 2.33. The van der Waals surface area contributed by atoms with Crippen molar-refractivity contribution < 1.29 is 4.74 Å². The van der Waals surface area contributed by atoms with Crippen LogP contribution in [0.4, 0.5) is 0 Å². The minimum atomic E-state index is 0.198. The zero-order valence-electron chi connectivity index (χ0n) is 8.92. The van der Waals surface area contributed by atoms with Crippen molar-refractivity contribution in [1.29, 1.82) is 0 Å². The van der Waals surface area contributed by atoms with Crippen molar-refractivity contribution in [2.45, 2.75) is 25.3 Å². The highest BCUT2D eigenvalue weighted by atomic mass is 16.5. The number of hydrogen-bond donors (Lipinski definition) is 1. The van der Waals surface area contributed by atoms with Gasteiger partial charge >= 0.3 is 0 Å². The number of nitrogens with zero attached hydrogens (tertiary/aromatic N) is 1. The Labute approximate surface area is 84.5 Å². The summed E-state index contributed by atoms with van der Waals surface area (Å²) in [5, 5.41) is 3.35. The van der Waals surface area contributed by atoms with Crippen LogP contribution in [0.1, 0.15) is 24.0 Å². The molecule has 1 saturated carbocycles. The second kappa shape index (κ2) is 3.24. The van der Waals surface area contributed by atoms with Crippen molar-refractivity contribution in [2.24, 2.45) is 0 Å². The van der Waals surface area contributed by atoms with E-state index in [2.05, 4.69) is 16.4 Å². The molecule has 0 amide bonds. The number of methoxy groups -OCH3 is 1. The molecule has 1 N–H and O–H groups in total. The van der Waals surface area contributed by atoms with E-state index in [4.69, 9.17) is 4.74 Å². The monoisotopic (exact) mass is 192 g/mol. The Bertz CT molecular complexity index is 345. The predicted molar refractivity (Wildman–Crippen MR) is 55.5 cm³/mol. The summed E-state index contributed by atoms with van der Waals surface area (Å²) in [5.41, 5.74) is 2.58. The Morgan fingerprint density at radius 2 is 2.21 bits per heavy atom. The second-order valence-electron chi connectivity index (χ2n) is 3.88. The highest BCUT2D eigenvalue weighted by Crippen LogP contribution is 2.45. The number of pyridine rings is 1. The van der Waals surface area contributed by atoms with Gasteiger partial charge in [0.2, 0.25) is 5.88 Å². The molecule has 3 nitrogen and oxygen atoms in total. The lowest BCUT2D eigenvalue weighted by Gasteiger charge is -2.15. The van der Waals surface area contributed by atoms with E-state index in [-0.39, 0.29) is 5.54 Å². The molecule has 1 aromatic rings. The quantitative estimate of drug-likeness (QED) is 0.790. The first kappa shape index (κ1) is 9.46. The number of aromatic nitrogens is 1. The molecule has 1 aliphatic rings. The van der Waals surface area contributed by atoms with Crippen molar-refractivity contribution in [3.8, 4) is 5.88 Å². The van der Waals surface area contributed by atoms with E-state index in [1.807, 2.05) is 20.2 Å². The maximum absolute atomic E-state index is 5.14. The molecular formula is C11H16N2O. The minimum absolute atomic E-state index is 0.198. The van der Waals surface area contributed by atoms with Gasteiger partial charge in [0.25, 0.3) is 0 Å². The van der Waals surface area contributed by atoms with Crippen LogP contribution >= 0.6 is 0 Å². The molecule has 76 valence electrons. The first-order chi connectivity index (χ1) is 6.72. The third-order valence-corrected chi connectivity index (χ3v) is 3.00. The fraction of sp³-hybridized carbons (Fsp3) is 0.545. The maximum Gasteiger partial charge on any atom is 0.215 e. The van der Waals surface area contributed by atoms with Crippen molar-refractivity contribution >= 4 is 0 Å². The van der Waals surface area contributed by atoms with Gasteiger partial charge in [-0.2, -0.15) is 0 Å². The zero-order chi connectivity index (χ0) is 10.2. The molecule has 1 aliphatic carbocycles. The lowest BCUT2D eigenvalue weighted by Crippen LogP contribution is -2.24. The Morgan fingerprint density at radius 1 is 1.50 bits per heavy atom. The zero-order valence-corrected chi connectivity index (χ0v) is 8.92. The highest BCUT2D eigenvalue weighted by Gasteiger charge is 2.43. The van der Waals surface area contributed by atoms with E-state index in [9.17, 15) is 0 Å². The Morgan fingerprint density at radius 3 is 2.64 bits per heavy atom. The standard InChI is InChI=1S/C11H16N2O/c1-8-6-9(7-13-10(8)14-3)11(12-2)4-5-11/h6-7,12H,4-5H2,1-3H3. The molecule has 14 heavy (non-hydrogen) atoms. The number of nitrogens with one attached hydrogen (secondary N) is 1. The summed E-state index contributed by atoms with van der Waals surface area (Å²) in [6, 6.07) is 2.16. The molecule has 0 aliphatic heterocycles. The number of aryl methyl sites for hydroxylation is 1. The Kier molecular flexibility index (Phi) is 2.19. The molecule has 0 radical (unpaired) electrons. The smallest absolute Gasteiger partial charge is 0.215 e. The first-order valence-corrected chi connectivity index (χ1v) is 4.92. The summed E-state index contributed by atoms with van der Waals surface area (Å²) in [4.78, 5) is 4.29. The number of ether oxygens (including phenoxy) is 1. The lowest BCUT2D eigenvalue weighted by atomic mass is 10.1. The van der Waals surface area contributed by atoms with Gasteiger partial charge in [-0.3, -0.25) is 0 Å². The van der Waals surface area contributed by atoms with Crippen LogP contribution in [0.5, 0.6) is 5.88 Å². The predicted octanol–water partition coefficient (Wildman–Crippen LogP) is 1.61. The van der Waals surface area contributed by atoms with Gasteiger partial charge in [-0.05, 0) is 38.4 Å². The molecule has 1 aromatic heterocycles. The SMILES string of the molecule is CNC1(c2cnc(OC)c(C)c2)CC1. The summed E-state index contributed by atoms with van der Waals surface area (Å²) in [7, 11) is 3.66. The van der Waals surface area contributed by atoms with Crippen LogP contribution in [0, 0.1) is 6.92 Å². The van der Waals surface area contributed by atoms with Gasteiger partial charge in [0.15, 0.2) is 0 Å². The molecule has 3 heteroatoms. The van der Waals surface area contributed by atoms with E-state index in [1.165, 1.54) is 18.4 Å². The van der Waals surface area contributed by atoms with E-state index in [0.29, 0.717) is 0 Å². The van der Waals surface area contributed by atoms with Gasteiger partial charge in [0, 0.05) is 17.3 Å². The molecule has 1 fully saturated rings. The summed E-state index contributed by atoms with van der Waals surface area (Å²) >= 11 is 0. The van der Waals surface area contributed by atoms with E-state index >= 15 is 0 Å². The van der Waals surface area contributed by atoms with Crippen LogP contribution < -0.4 is 10.1 Å². The fourth-order valence-corrected chi connectivity index (χ4v) is 1.85. The topological polar surface area (TPSA) is 34.2 Å². The van der Waals surface area contributed by atoms with E-state index in [0.717, 1.165) is 11.4 Å². The third kappa shape index (κ3) is 1.38. The van der Waals surface area contributed by atoms with Crippen molar-refractivity contribution in [3.63, 3.8) is 0 Å². The normalized spacial score (nSPS) is 17.9. The molecule has 0 unspecified atom stereocenters. The van der Waals surface area contributed by atoms with Crippen LogP contribution in [0.25, 0.3) is 0 Å². The summed E-state index contributed by atoms with van der Waals surface area (Å²) in [5.74, 6) is 0.723. The van der Waals surface area contributed by atoms with Crippen molar-refractivity contribution in [1.82, 2.24) is 10.3 Å². The van der Waals surface area contributed by atoms with Crippen LogP contribution in [0.2, 0.25) is 0 Å². The van der Waals surface area contributed by atoms with Gasteiger partial charge in [0.1, 0.15) is 0 Å². The molecule has 0 aromatic carbocycles.